The number of benzene rings is 2. The second kappa shape index (κ2) is 10.7. The lowest BCUT2D eigenvalue weighted by Gasteiger charge is -2.53. The Kier molecular flexibility index (Phi) is 8.46. The van der Waals surface area contributed by atoms with E-state index in [4.69, 9.17) is 23.2 Å². The maximum atomic E-state index is 14.1. The predicted octanol–water partition coefficient (Wildman–Crippen LogP) is 4.96. The van der Waals surface area contributed by atoms with Crippen molar-refractivity contribution in [3.63, 3.8) is 0 Å². The lowest BCUT2D eigenvalue weighted by molar-refractivity contribution is -0.161. The molecule has 0 unspecified atom stereocenters. The van der Waals surface area contributed by atoms with Crippen LogP contribution in [-0.4, -0.2) is 51.0 Å². The minimum atomic E-state index is -1.01. The molecule has 6 atom stereocenters. The van der Waals surface area contributed by atoms with Crippen LogP contribution in [0, 0.1) is 5.41 Å². The fourth-order valence-corrected chi connectivity index (χ4v) is 5.61. The normalized spacial score (nSPS) is 26.2. The molecule has 0 radical (unpaired) electrons. The number of hydrogen-bond donors (Lipinski definition) is 3. The Morgan fingerprint density at radius 1 is 1.09 bits per heavy atom. The molecule has 0 aliphatic carbocycles. The second-order valence-electron chi connectivity index (χ2n) is 9.39. The van der Waals surface area contributed by atoms with Gasteiger partial charge < -0.3 is 20.2 Å². The number of carbonyl (C=O) groups excluding carboxylic acids is 1. The van der Waals surface area contributed by atoms with Crippen LogP contribution in [0.4, 0.5) is 0 Å². The molecule has 0 bridgehead atoms. The topological polar surface area (TPSA) is 81.0 Å². The molecular weight excluding hydrogens is 461 g/mol. The number of nitrogens with zero attached hydrogens (tertiary/aromatic N) is 1. The minimum Gasteiger partial charge on any atom is -0.394 e. The number of amides is 1. The van der Waals surface area contributed by atoms with Gasteiger partial charge in [-0.05, 0) is 61.6 Å². The molecule has 1 amide bonds. The van der Waals surface area contributed by atoms with E-state index in [2.05, 4.69) is 0 Å². The van der Waals surface area contributed by atoms with E-state index in [1.54, 1.807) is 24.0 Å². The maximum Gasteiger partial charge on any atom is 0.229 e. The standard InChI is InChI=1S/C26H33Cl2NO4/c1-4-23(16(2)31)29-24(17-8-10-19(27)11-9-17)22(18-6-5-7-20(28)12-18)14-26(3,25(29)33)13-21(32)15-30/h5-12,16,21-24,30-32H,4,13-15H2,1-3H3/t16-,21-,22+,23-,24+,26-/m0/s1. The van der Waals surface area contributed by atoms with Crippen LogP contribution in [0.2, 0.25) is 10.0 Å². The third-order valence-electron chi connectivity index (χ3n) is 6.82. The Bertz CT molecular complexity index is 952. The van der Waals surface area contributed by atoms with E-state index in [9.17, 15) is 20.1 Å². The van der Waals surface area contributed by atoms with E-state index in [0.717, 1.165) is 11.1 Å². The number of rotatable bonds is 8. The Hall–Kier alpha value is -1.63. The molecular formula is C26H33Cl2NO4. The summed E-state index contributed by atoms with van der Waals surface area (Å²) < 4.78 is 0. The monoisotopic (exact) mass is 493 g/mol. The van der Waals surface area contributed by atoms with Crippen molar-refractivity contribution in [2.24, 2.45) is 5.41 Å². The number of aliphatic hydroxyl groups is 3. The van der Waals surface area contributed by atoms with Crippen molar-refractivity contribution in [2.75, 3.05) is 6.61 Å². The molecule has 3 rings (SSSR count). The van der Waals surface area contributed by atoms with E-state index >= 15 is 0 Å². The van der Waals surface area contributed by atoms with E-state index < -0.39 is 30.3 Å². The van der Waals surface area contributed by atoms with Gasteiger partial charge in [0.25, 0.3) is 0 Å². The Morgan fingerprint density at radius 3 is 2.30 bits per heavy atom. The van der Waals surface area contributed by atoms with E-state index in [1.165, 1.54) is 0 Å². The molecule has 1 fully saturated rings. The zero-order chi connectivity index (χ0) is 24.3. The van der Waals surface area contributed by atoms with Crippen LogP contribution in [0.15, 0.2) is 48.5 Å². The zero-order valence-corrected chi connectivity index (χ0v) is 20.8. The first-order valence-corrected chi connectivity index (χ1v) is 12.2. The molecule has 33 heavy (non-hydrogen) atoms. The lowest BCUT2D eigenvalue weighted by Crippen LogP contribution is -2.58. The van der Waals surface area contributed by atoms with E-state index in [0.29, 0.717) is 22.9 Å². The molecule has 1 saturated heterocycles. The number of hydrogen-bond acceptors (Lipinski definition) is 4. The quantitative estimate of drug-likeness (QED) is 0.485. The highest BCUT2D eigenvalue weighted by molar-refractivity contribution is 6.30. The van der Waals surface area contributed by atoms with Gasteiger partial charge in [0.2, 0.25) is 5.91 Å². The number of aliphatic hydroxyl groups excluding tert-OH is 3. The zero-order valence-electron chi connectivity index (χ0n) is 19.3. The Morgan fingerprint density at radius 2 is 1.76 bits per heavy atom. The average molecular weight is 494 g/mol. The van der Waals surface area contributed by atoms with Crippen LogP contribution in [-0.2, 0) is 4.79 Å². The van der Waals surface area contributed by atoms with Crippen molar-refractivity contribution in [3.8, 4) is 0 Å². The molecule has 180 valence electrons. The number of piperidine rings is 1. The van der Waals surface area contributed by atoms with Gasteiger partial charge in [-0.25, -0.2) is 0 Å². The van der Waals surface area contributed by atoms with Gasteiger partial charge in [0.1, 0.15) is 0 Å². The molecule has 1 heterocycles. The third-order valence-corrected chi connectivity index (χ3v) is 7.31. The first kappa shape index (κ1) is 26.0. The van der Waals surface area contributed by atoms with Crippen LogP contribution in [0.1, 0.15) is 63.1 Å². The maximum absolute atomic E-state index is 14.1. The summed E-state index contributed by atoms with van der Waals surface area (Å²) in [6, 6.07) is 14.3. The fraction of sp³-hybridized carbons (Fsp3) is 0.500. The van der Waals surface area contributed by atoms with Crippen LogP contribution in [0.25, 0.3) is 0 Å². The average Bonchev–Trinajstić information content (AvgIpc) is 2.77. The summed E-state index contributed by atoms with van der Waals surface area (Å²) in [5.41, 5.74) is 0.965. The molecule has 1 aliphatic heterocycles. The van der Waals surface area contributed by atoms with Gasteiger partial charge in [-0.1, -0.05) is 61.3 Å². The van der Waals surface area contributed by atoms with Crippen LogP contribution in [0.3, 0.4) is 0 Å². The summed E-state index contributed by atoms with van der Waals surface area (Å²) in [5.74, 6) is -0.285. The van der Waals surface area contributed by atoms with Crippen molar-refractivity contribution in [2.45, 2.75) is 70.2 Å². The summed E-state index contributed by atoms with van der Waals surface area (Å²) in [5, 5.41) is 31.7. The highest BCUT2D eigenvalue weighted by Crippen LogP contribution is 2.52. The van der Waals surface area contributed by atoms with Gasteiger partial charge in [0.15, 0.2) is 0 Å². The van der Waals surface area contributed by atoms with Crippen molar-refractivity contribution < 1.29 is 20.1 Å². The highest BCUT2D eigenvalue weighted by Gasteiger charge is 2.52. The molecule has 2 aromatic carbocycles. The summed E-state index contributed by atoms with van der Waals surface area (Å²) in [6.45, 7) is 5.07. The van der Waals surface area contributed by atoms with Crippen molar-refractivity contribution >= 4 is 29.1 Å². The Labute approximate surface area is 206 Å². The predicted molar refractivity (Wildman–Crippen MR) is 131 cm³/mol. The summed E-state index contributed by atoms with van der Waals surface area (Å²) in [7, 11) is 0. The largest absolute Gasteiger partial charge is 0.394 e. The van der Waals surface area contributed by atoms with Gasteiger partial charge in [0.05, 0.1) is 30.9 Å². The van der Waals surface area contributed by atoms with Crippen LogP contribution in [0.5, 0.6) is 0 Å². The summed E-state index contributed by atoms with van der Waals surface area (Å²) in [6.07, 6.45) is -0.615. The van der Waals surface area contributed by atoms with Crippen LogP contribution < -0.4 is 0 Å². The van der Waals surface area contributed by atoms with Gasteiger partial charge in [0, 0.05) is 21.4 Å². The summed E-state index contributed by atoms with van der Waals surface area (Å²) >= 11 is 12.5. The molecule has 2 aromatic rings. The number of halogens is 2. The minimum absolute atomic E-state index is 0.124. The number of likely N-dealkylation sites (tertiary alicyclic amines) is 1. The van der Waals surface area contributed by atoms with Crippen LogP contribution >= 0.6 is 23.2 Å². The first-order chi connectivity index (χ1) is 15.6. The molecule has 3 N–H and O–H groups in total. The van der Waals surface area contributed by atoms with Crippen molar-refractivity contribution in [1.29, 1.82) is 0 Å². The summed E-state index contributed by atoms with van der Waals surface area (Å²) in [4.78, 5) is 15.9. The van der Waals surface area contributed by atoms with Gasteiger partial charge in [-0.3, -0.25) is 4.79 Å². The van der Waals surface area contributed by atoms with E-state index in [1.807, 2.05) is 50.2 Å². The smallest absolute Gasteiger partial charge is 0.229 e. The lowest BCUT2D eigenvalue weighted by atomic mass is 9.66. The van der Waals surface area contributed by atoms with Gasteiger partial charge in [-0.2, -0.15) is 0 Å². The molecule has 7 heteroatoms. The second-order valence-corrected chi connectivity index (χ2v) is 10.3. The molecule has 0 aromatic heterocycles. The number of carbonyl (C=O) groups is 1. The highest BCUT2D eigenvalue weighted by atomic mass is 35.5. The SMILES string of the molecule is CC[C@@H]([C@H](C)O)N1C(=O)[C@@](C)(C[C@H](O)CO)C[C@H](c2cccc(Cl)c2)[C@H]1c1ccc(Cl)cc1. The van der Waals surface area contributed by atoms with Crippen molar-refractivity contribution in [1.82, 2.24) is 4.90 Å². The third kappa shape index (κ3) is 5.55. The first-order valence-electron chi connectivity index (χ1n) is 11.4. The van der Waals surface area contributed by atoms with E-state index in [-0.39, 0.29) is 24.3 Å². The fourth-order valence-electron chi connectivity index (χ4n) is 5.29. The van der Waals surface area contributed by atoms with Gasteiger partial charge in [-0.15, -0.1) is 0 Å². The molecule has 0 spiro atoms. The van der Waals surface area contributed by atoms with Crippen molar-refractivity contribution in [3.05, 3.63) is 69.7 Å². The molecule has 1 aliphatic rings. The molecule has 0 saturated carbocycles. The molecule has 5 nitrogen and oxygen atoms in total. The van der Waals surface area contributed by atoms with Gasteiger partial charge >= 0.3 is 0 Å². The Balaban J connectivity index is 2.23.